The van der Waals surface area contributed by atoms with Crippen molar-refractivity contribution in [2.45, 2.75) is 18.3 Å². The first-order chi connectivity index (χ1) is 8.22. The van der Waals surface area contributed by atoms with E-state index >= 15 is 0 Å². The SMILES string of the molecule is CCOC(=O)C(Br)Cn1cnc2ccccc21. The molecule has 0 saturated carbocycles. The Morgan fingerprint density at radius 2 is 2.29 bits per heavy atom. The summed E-state index contributed by atoms with van der Waals surface area (Å²) in [5.74, 6) is -0.245. The zero-order valence-electron chi connectivity index (χ0n) is 9.47. The second kappa shape index (κ2) is 5.31. The Labute approximate surface area is 108 Å². The molecule has 0 bridgehead atoms. The average Bonchev–Trinajstić information content (AvgIpc) is 2.73. The topological polar surface area (TPSA) is 44.1 Å². The number of rotatable bonds is 4. The Balaban J connectivity index is 2.16. The van der Waals surface area contributed by atoms with Crippen LogP contribution in [0.2, 0.25) is 0 Å². The van der Waals surface area contributed by atoms with Crippen LogP contribution in [0.5, 0.6) is 0 Å². The van der Waals surface area contributed by atoms with E-state index in [-0.39, 0.29) is 10.8 Å². The van der Waals surface area contributed by atoms with Crippen molar-refractivity contribution in [2.24, 2.45) is 0 Å². The summed E-state index contributed by atoms with van der Waals surface area (Å²) in [7, 11) is 0. The predicted molar refractivity (Wildman–Crippen MR) is 69.1 cm³/mol. The van der Waals surface area contributed by atoms with E-state index in [0.29, 0.717) is 13.2 Å². The summed E-state index contributed by atoms with van der Waals surface area (Å²) in [5, 5.41) is 0. The fourth-order valence-corrected chi connectivity index (χ4v) is 2.08. The van der Waals surface area contributed by atoms with Crippen LogP contribution in [0.1, 0.15) is 6.92 Å². The summed E-state index contributed by atoms with van der Waals surface area (Å²) in [6.07, 6.45) is 1.73. The number of para-hydroxylation sites is 2. The van der Waals surface area contributed by atoms with Crippen LogP contribution in [0, 0.1) is 0 Å². The first kappa shape index (κ1) is 12.1. The number of ether oxygens (including phenoxy) is 1. The Kier molecular flexibility index (Phi) is 3.78. The normalized spacial score (nSPS) is 12.6. The minimum Gasteiger partial charge on any atom is -0.465 e. The Morgan fingerprint density at radius 3 is 3.06 bits per heavy atom. The van der Waals surface area contributed by atoms with Gasteiger partial charge < -0.3 is 9.30 Å². The summed E-state index contributed by atoms with van der Waals surface area (Å²) in [4.78, 5) is 15.4. The van der Waals surface area contributed by atoms with Gasteiger partial charge in [-0.3, -0.25) is 4.79 Å². The van der Waals surface area contributed by atoms with E-state index in [1.165, 1.54) is 0 Å². The zero-order chi connectivity index (χ0) is 12.3. The van der Waals surface area contributed by atoms with E-state index in [1.54, 1.807) is 13.3 Å². The number of alkyl halides is 1. The van der Waals surface area contributed by atoms with Gasteiger partial charge >= 0.3 is 5.97 Å². The van der Waals surface area contributed by atoms with Gasteiger partial charge in [0.2, 0.25) is 0 Å². The Bertz CT molecular complexity index is 524. The van der Waals surface area contributed by atoms with Gasteiger partial charge in [-0.1, -0.05) is 28.1 Å². The lowest BCUT2D eigenvalue weighted by atomic mass is 10.3. The number of benzene rings is 1. The monoisotopic (exact) mass is 296 g/mol. The number of carbonyl (C=O) groups is 1. The number of imidazole rings is 1. The standard InChI is InChI=1S/C12H13BrN2O2/c1-2-17-12(16)9(13)7-15-8-14-10-5-3-4-6-11(10)15/h3-6,8-9H,2,7H2,1H3. The first-order valence-corrected chi connectivity index (χ1v) is 6.34. The Hall–Kier alpha value is -1.36. The third-order valence-electron chi connectivity index (χ3n) is 2.43. The highest BCUT2D eigenvalue weighted by atomic mass is 79.9. The summed E-state index contributed by atoms with van der Waals surface area (Å²) >= 11 is 3.33. The molecule has 0 N–H and O–H groups in total. The molecular weight excluding hydrogens is 284 g/mol. The smallest absolute Gasteiger partial charge is 0.321 e. The fraction of sp³-hybridized carbons (Fsp3) is 0.333. The highest BCUT2D eigenvalue weighted by Gasteiger charge is 2.17. The lowest BCUT2D eigenvalue weighted by Crippen LogP contribution is -2.22. The maximum absolute atomic E-state index is 11.5. The van der Waals surface area contributed by atoms with Crippen LogP contribution < -0.4 is 0 Å². The second-order valence-corrected chi connectivity index (χ2v) is 4.71. The van der Waals surface area contributed by atoms with Gasteiger partial charge in [-0.15, -0.1) is 0 Å². The van der Waals surface area contributed by atoms with Crippen molar-refractivity contribution in [1.29, 1.82) is 0 Å². The third-order valence-corrected chi connectivity index (χ3v) is 3.09. The Morgan fingerprint density at radius 1 is 1.53 bits per heavy atom. The van der Waals surface area contributed by atoms with Gasteiger partial charge in [0.25, 0.3) is 0 Å². The van der Waals surface area contributed by atoms with Gasteiger partial charge in [-0.05, 0) is 19.1 Å². The number of nitrogens with zero attached hydrogens (tertiary/aromatic N) is 2. The average molecular weight is 297 g/mol. The summed E-state index contributed by atoms with van der Waals surface area (Å²) in [6, 6.07) is 7.82. The maximum Gasteiger partial charge on any atom is 0.321 e. The number of hydrogen-bond acceptors (Lipinski definition) is 3. The molecule has 0 spiro atoms. The largest absolute Gasteiger partial charge is 0.465 e. The second-order valence-electron chi connectivity index (χ2n) is 3.61. The van der Waals surface area contributed by atoms with Crippen LogP contribution in [-0.4, -0.2) is 27.0 Å². The van der Waals surface area contributed by atoms with Crippen LogP contribution in [0.15, 0.2) is 30.6 Å². The highest BCUT2D eigenvalue weighted by molar-refractivity contribution is 9.10. The predicted octanol–water partition coefficient (Wildman–Crippen LogP) is 2.36. The van der Waals surface area contributed by atoms with Crippen molar-refractivity contribution < 1.29 is 9.53 Å². The summed E-state index contributed by atoms with van der Waals surface area (Å²) in [5.41, 5.74) is 1.94. The molecule has 0 aliphatic rings. The number of carbonyl (C=O) groups excluding carboxylic acids is 1. The minimum atomic E-state index is -0.347. The van der Waals surface area contributed by atoms with Crippen molar-refractivity contribution in [1.82, 2.24) is 9.55 Å². The van der Waals surface area contributed by atoms with Crippen LogP contribution in [0.4, 0.5) is 0 Å². The van der Waals surface area contributed by atoms with E-state index in [4.69, 9.17) is 4.74 Å². The lowest BCUT2D eigenvalue weighted by molar-refractivity contribution is -0.142. The molecule has 0 saturated heterocycles. The van der Waals surface area contributed by atoms with Crippen molar-refractivity contribution in [3.8, 4) is 0 Å². The van der Waals surface area contributed by atoms with Crippen molar-refractivity contribution in [3.05, 3.63) is 30.6 Å². The molecule has 0 radical (unpaired) electrons. The highest BCUT2D eigenvalue weighted by Crippen LogP contribution is 2.14. The van der Waals surface area contributed by atoms with E-state index in [9.17, 15) is 4.79 Å². The quantitative estimate of drug-likeness (QED) is 0.643. The lowest BCUT2D eigenvalue weighted by Gasteiger charge is -2.10. The number of fused-ring (bicyclic) bond motifs is 1. The summed E-state index contributed by atoms with van der Waals surface area (Å²) in [6.45, 7) is 2.70. The van der Waals surface area contributed by atoms with E-state index in [1.807, 2.05) is 28.8 Å². The molecule has 1 unspecified atom stereocenters. The molecule has 0 aliphatic heterocycles. The first-order valence-electron chi connectivity index (χ1n) is 5.43. The molecule has 2 rings (SSSR count). The molecule has 1 atom stereocenters. The number of halogens is 1. The number of hydrogen-bond donors (Lipinski definition) is 0. The molecule has 4 nitrogen and oxygen atoms in total. The third kappa shape index (κ3) is 2.66. The van der Waals surface area contributed by atoms with Crippen LogP contribution in [-0.2, 0) is 16.1 Å². The van der Waals surface area contributed by atoms with Crippen molar-refractivity contribution in [2.75, 3.05) is 6.61 Å². The van der Waals surface area contributed by atoms with E-state index in [0.717, 1.165) is 11.0 Å². The van der Waals surface area contributed by atoms with Gasteiger partial charge in [0.05, 0.1) is 24.0 Å². The van der Waals surface area contributed by atoms with Gasteiger partial charge in [-0.25, -0.2) is 4.98 Å². The molecule has 0 aliphatic carbocycles. The zero-order valence-corrected chi connectivity index (χ0v) is 11.1. The van der Waals surface area contributed by atoms with Crippen LogP contribution in [0.25, 0.3) is 11.0 Å². The molecule has 5 heteroatoms. The molecular formula is C12H13BrN2O2. The molecule has 1 aromatic carbocycles. The fourth-order valence-electron chi connectivity index (χ4n) is 1.64. The van der Waals surface area contributed by atoms with E-state index in [2.05, 4.69) is 20.9 Å². The van der Waals surface area contributed by atoms with E-state index < -0.39 is 0 Å². The molecule has 2 aromatic rings. The van der Waals surface area contributed by atoms with Gasteiger partial charge in [0, 0.05) is 6.54 Å². The van der Waals surface area contributed by atoms with Crippen molar-refractivity contribution in [3.63, 3.8) is 0 Å². The molecule has 90 valence electrons. The van der Waals surface area contributed by atoms with Gasteiger partial charge in [0.15, 0.2) is 0 Å². The molecule has 1 heterocycles. The molecule has 0 fully saturated rings. The number of aromatic nitrogens is 2. The molecule has 17 heavy (non-hydrogen) atoms. The molecule has 1 aromatic heterocycles. The van der Waals surface area contributed by atoms with Crippen molar-refractivity contribution >= 4 is 32.9 Å². The van der Waals surface area contributed by atoms with Gasteiger partial charge in [0.1, 0.15) is 4.83 Å². The molecule has 0 amide bonds. The number of esters is 1. The maximum atomic E-state index is 11.5. The minimum absolute atomic E-state index is 0.245. The summed E-state index contributed by atoms with van der Waals surface area (Å²) < 4.78 is 6.88. The van der Waals surface area contributed by atoms with Crippen LogP contribution >= 0.6 is 15.9 Å². The van der Waals surface area contributed by atoms with Crippen LogP contribution in [0.3, 0.4) is 0 Å². The van der Waals surface area contributed by atoms with Gasteiger partial charge in [-0.2, -0.15) is 0 Å².